The highest BCUT2D eigenvalue weighted by molar-refractivity contribution is 6.31. The molecule has 2 fully saturated rings. The van der Waals surface area contributed by atoms with Gasteiger partial charge in [0, 0.05) is 18.7 Å². The molecule has 0 aliphatic carbocycles. The average Bonchev–Trinajstić information content (AvgIpc) is 2.95. The van der Waals surface area contributed by atoms with Gasteiger partial charge in [0.1, 0.15) is 11.4 Å². The van der Waals surface area contributed by atoms with E-state index in [0.29, 0.717) is 31.5 Å². The number of carbonyl (C=O) groups excluding carboxylic acids is 3. The molecule has 1 N–H and O–H groups in total. The summed E-state index contributed by atoms with van der Waals surface area (Å²) in [5.74, 6) is -1.12. The number of nitrogens with one attached hydrogen (secondary N) is 1. The molecule has 6 nitrogen and oxygen atoms in total. The number of hydrogen-bond acceptors (Lipinski definition) is 3. The van der Waals surface area contributed by atoms with Gasteiger partial charge in [-0.1, -0.05) is 41.4 Å². The number of aryl methyl sites for hydroxylation is 1. The van der Waals surface area contributed by atoms with E-state index in [1.807, 2.05) is 31.2 Å². The third-order valence-electron chi connectivity index (χ3n) is 5.78. The summed E-state index contributed by atoms with van der Waals surface area (Å²) in [5, 5.41) is 2.73. The van der Waals surface area contributed by atoms with Crippen LogP contribution in [0.15, 0.2) is 42.5 Å². The summed E-state index contributed by atoms with van der Waals surface area (Å²) < 4.78 is 13.4. The molecule has 4 rings (SSSR count). The van der Waals surface area contributed by atoms with Gasteiger partial charge >= 0.3 is 6.03 Å². The predicted octanol–water partition coefficient (Wildman–Crippen LogP) is 3.51. The van der Waals surface area contributed by atoms with Crippen molar-refractivity contribution in [2.45, 2.75) is 31.8 Å². The van der Waals surface area contributed by atoms with Crippen LogP contribution in [0.2, 0.25) is 5.02 Å². The van der Waals surface area contributed by atoms with E-state index < -0.39 is 17.4 Å². The van der Waals surface area contributed by atoms with Crippen LogP contribution in [0, 0.1) is 12.7 Å². The lowest BCUT2D eigenvalue weighted by Crippen LogP contribution is -2.55. The third-order valence-corrected chi connectivity index (χ3v) is 6.07. The van der Waals surface area contributed by atoms with Crippen molar-refractivity contribution >= 4 is 29.4 Å². The molecule has 0 atom stereocenters. The topological polar surface area (TPSA) is 69.7 Å². The Morgan fingerprint density at radius 2 is 1.80 bits per heavy atom. The first-order chi connectivity index (χ1) is 14.3. The fraction of sp³-hybridized carbons (Fsp3) is 0.318. The van der Waals surface area contributed by atoms with E-state index >= 15 is 0 Å². The lowest BCUT2D eigenvalue weighted by Gasteiger charge is -2.37. The zero-order valence-electron chi connectivity index (χ0n) is 16.5. The number of urea groups is 1. The molecule has 0 aromatic heterocycles. The fourth-order valence-electron chi connectivity index (χ4n) is 3.94. The summed E-state index contributed by atoms with van der Waals surface area (Å²) in [6.45, 7) is 2.79. The van der Waals surface area contributed by atoms with Gasteiger partial charge in [-0.25, -0.2) is 9.18 Å². The fourth-order valence-corrected chi connectivity index (χ4v) is 4.12. The first-order valence-corrected chi connectivity index (χ1v) is 10.1. The summed E-state index contributed by atoms with van der Waals surface area (Å²) in [6.07, 6.45) is 0.644. The first kappa shape index (κ1) is 20.3. The lowest BCUT2D eigenvalue weighted by atomic mass is 9.87. The number of imide groups is 1. The number of piperidine rings is 1. The molecule has 2 aromatic carbocycles. The number of hydrogen-bond donors (Lipinski definition) is 1. The molecule has 2 aliphatic rings. The molecule has 0 saturated carbocycles. The normalized spacial score (nSPS) is 18.1. The van der Waals surface area contributed by atoms with Crippen molar-refractivity contribution in [1.29, 1.82) is 0 Å². The highest BCUT2D eigenvalue weighted by Crippen LogP contribution is 2.31. The van der Waals surface area contributed by atoms with Crippen molar-refractivity contribution in [3.8, 4) is 0 Å². The average molecular weight is 430 g/mol. The van der Waals surface area contributed by atoms with Crippen LogP contribution < -0.4 is 5.32 Å². The van der Waals surface area contributed by atoms with Crippen molar-refractivity contribution in [2.75, 3.05) is 13.1 Å². The molecule has 0 radical (unpaired) electrons. The minimum Gasteiger partial charge on any atom is -0.338 e. The SMILES string of the molecule is Cc1ccc(CN2C(=O)NC3(CCN(C(=O)c4ccc(F)c(Cl)c4)CC3)C2=O)cc1. The van der Waals surface area contributed by atoms with E-state index in [1.54, 1.807) is 4.90 Å². The van der Waals surface area contributed by atoms with Gasteiger partial charge in [-0.3, -0.25) is 14.5 Å². The van der Waals surface area contributed by atoms with Crippen LogP contribution in [0.5, 0.6) is 0 Å². The van der Waals surface area contributed by atoms with Crippen LogP contribution in [0.1, 0.15) is 34.3 Å². The van der Waals surface area contributed by atoms with Gasteiger partial charge < -0.3 is 10.2 Å². The van der Waals surface area contributed by atoms with Crippen LogP contribution in [0.3, 0.4) is 0 Å². The Hall–Kier alpha value is -2.93. The molecule has 1 spiro atoms. The molecular weight excluding hydrogens is 409 g/mol. The van der Waals surface area contributed by atoms with Crippen molar-refractivity contribution in [2.24, 2.45) is 0 Å². The second-order valence-corrected chi connectivity index (χ2v) is 8.22. The second-order valence-electron chi connectivity index (χ2n) is 7.81. The summed E-state index contributed by atoms with van der Waals surface area (Å²) in [7, 11) is 0. The molecule has 2 aliphatic heterocycles. The third kappa shape index (κ3) is 3.65. The van der Waals surface area contributed by atoms with Gasteiger partial charge in [-0.15, -0.1) is 0 Å². The van der Waals surface area contributed by atoms with Gasteiger partial charge in [0.25, 0.3) is 11.8 Å². The van der Waals surface area contributed by atoms with Crippen molar-refractivity contribution in [3.05, 3.63) is 70.0 Å². The van der Waals surface area contributed by atoms with Crippen molar-refractivity contribution in [3.63, 3.8) is 0 Å². The van der Waals surface area contributed by atoms with Gasteiger partial charge in [-0.2, -0.15) is 0 Å². The van der Waals surface area contributed by atoms with E-state index in [0.717, 1.165) is 17.2 Å². The molecule has 30 heavy (non-hydrogen) atoms. The second kappa shape index (κ2) is 7.72. The Labute approximate surface area is 178 Å². The number of nitrogens with zero attached hydrogens (tertiary/aromatic N) is 2. The Bertz CT molecular complexity index is 1020. The zero-order valence-corrected chi connectivity index (χ0v) is 17.2. The summed E-state index contributed by atoms with van der Waals surface area (Å²) in [6, 6.07) is 11.1. The Balaban J connectivity index is 1.43. The number of amides is 4. The minimum absolute atomic E-state index is 0.112. The molecular formula is C22H21ClFN3O3. The minimum atomic E-state index is -0.987. The van der Waals surface area contributed by atoms with E-state index in [2.05, 4.69) is 5.32 Å². The van der Waals surface area contributed by atoms with E-state index in [9.17, 15) is 18.8 Å². The van der Waals surface area contributed by atoms with E-state index in [4.69, 9.17) is 11.6 Å². The highest BCUT2D eigenvalue weighted by atomic mass is 35.5. The number of benzene rings is 2. The maximum atomic E-state index is 13.4. The Morgan fingerprint density at radius 3 is 2.43 bits per heavy atom. The van der Waals surface area contributed by atoms with Crippen LogP contribution in [-0.4, -0.2) is 46.3 Å². The van der Waals surface area contributed by atoms with Gasteiger partial charge in [0.2, 0.25) is 0 Å². The molecule has 0 unspecified atom stereocenters. The zero-order chi connectivity index (χ0) is 21.5. The molecule has 2 aromatic rings. The number of halogens is 2. The summed E-state index contributed by atoms with van der Waals surface area (Å²) >= 11 is 5.78. The quantitative estimate of drug-likeness (QED) is 0.759. The molecule has 4 amide bonds. The standard InChI is InChI=1S/C22H21ClFN3O3/c1-14-2-4-15(5-3-14)13-27-20(29)22(25-21(27)30)8-10-26(11-9-22)19(28)16-6-7-18(24)17(23)12-16/h2-7,12H,8-11,13H2,1H3,(H,25,30). The summed E-state index contributed by atoms with van der Waals surface area (Å²) in [5.41, 5.74) is 1.29. The summed E-state index contributed by atoms with van der Waals surface area (Å²) in [4.78, 5) is 41.1. The Morgan fingerprint density at radius 1 is 1.13 bits per heavy atom. The maximum absolute atomic E-state index is 13.4. The van der Waals surface area contributed by atoms with Crippen LogP contribution in [0.4, 0.5) is 9.18 Å². The molecule has 8 heteroatoms. The van der Waals surface area contributed by atoms with E-state index in [1.165, 1.54) is 17.0 Å². The van der Waals surface area contributed by atoms with Crippen LogP contribution in [0.25, 0.3) is 0 Å². The predicted molar refractivity (Wildman–Crippen MR) is 110 cm³/mol. The first-order valence-electron chi connectivity index (χ1n) is 9.73. The smallest absolute Gasteiger partial charge is 0.325 e. The Kier molecular flexibility index (Phi) is 5.24. The number of rotatable bonds is 3. The molecule has 0 bridgehead atoms. The van der Waals surface area contributed by atoms with Crippen molar-refractivity contribution in [1.82, 2.24) is 15.1 Å². The lowest BCUT2D eigenvalue weighted by molar-refractivity contribution is -0.133. The highest BCUT2D eigenvalue weighted by Gasteiger charge is 2.52. The molecule has 156 valence electrons. The van der Waals surface area contributed by atoms with Crippen LogP contribution in [-0.2, 0) is 11.3 Å². The molecule has 2 saturated heterocycles. The van der Waals surface area contributed by atoms with Gasteiger partial charge in [0.05, 0.1) is 11.6 Å². The monoisotopic (exact) mass is 429 g/mol. The van der Waals surface area contributed by atoms with E-state index in [-0.39, 0.29) is 23.4 Å². The number of likely N-dealkylation sites (tertiary alicyclic amines) is 1. The van der Waals surface area contributed by atoms with Gasteiger partial charge in [-0.05, 0) is 43.5 Å². The largest absolute Gasteiger partial charge is 0.338 e. The number of carbonyl (C=O) groups is 3. The van der Waals surface area contributed by atoms with Crippen LogP contribution >= 0.6 is 11.6 Å². The molecule has 2 heterocycles. The maximum Gasteiger partial charge on any atom is 0.325 e. The van der Waals surface area contributed by atoms with Crippen molar-refractivity contribution < 1.29 is 18.8 Å². The van der Waals surface area contributed by atoms with Gasteiger partial charge in [0.15, 0.2) is 0 Å².